The van der Waals surface area contributed by atoms with Crippen LogP contribution >= 0.6 is 12.2 Å². The van der Waals surface area contributed by atoms with Gasteiger partial charge in [0.2, 0.25) is 23.6 Å². The number of hydrogen-bond acceptors (Lipinski definition) is 16. The van der Waals surface area contributed by atoms with Gasteiger partial charge in [0.15, 0.2) is 5.11 Å². The fraction of sp³-hybridized carbons (Fsp3) is 0.492. The first-order valence-electron chi connectivity index (χ1n) is 30.9. The van der Waals surface area contributed by atoms with Crippen LogP contribution in [0.25, 0.3) is 0 Å². The summed E-state index contributed by atoms with van der Waals surface area (Å²) in [7, 11) is 0. The van der Waals surface area contributed by atoms with Crippen molar-refractivity contribution in [3.8, 4) is 0 Å². The summed E-state index contributed by atoms with van der Waals surface area (Å²) in [6, 6.07) is 17.2. The number of urea groups is 1. The monoisotopic (exact) mass is 1330 g/mol. The lowest BCUT2D eigenvalue weighted by Crippen LogP contribution is -2.55. The Morgan fingerprint density at radius 1 is 0.479 bits per heavy atom. The van der Waals surface area contributed by atoms with E-state index in [1.165, 1.54) is 4.90 Å². The molecule has 3 aromatic rings. The minimum absolute atomic E-state index is 0.0279. The molecule has 1 aliphatic heterocycles. The summed E-state index contributed by atoms with van der Waals surface area (Å²) < 4.78 is 0. The van der Waals surface area contributed by atoms with Gasteiger partial charge < -0.3 is 78.3 Å². The Morgan fingerprint density at radius 3 is 1.51 bits per heavy atom. The van der Waals surface area contributed by atoms with Gasteiger partial charge in [0.25, 0.3) is 0 Å². The number of amides is 6. The zero-order valence-electron chi connectivity index (χ0n) is 52.0. The van der Waals surface area contributed by atoms with E-state index in [1.54, 1.807) is 41.3 Å². The lowest BCUT2D eigenvalue weighted by molar-refractivity contribution is -0.142. The molecule has 0 aromatic heterocycles. The molecule has 4 unspecified atom stereocenters. The summed E-state index contributed by atoms with van der Waals surface area (Å²) in [5, 5.41) is 87.9. The zero-order chi connectivity index (χ0) is 69.0. The topological polar surface area (TPSA) is 462 Å². The number of benzene rings is 3. The van der Waals surface area contributed by atoms with E-state index in [0.717, 1.165) is 16.7 Å². The molecule has 3 aromatic carbocycles. The van der Waals surface area contributed by atoms with Crippen molar-refractivity contribution in [2.45, 2.75) is 145 Å². The van der Waals surface area contributed by atoms with E-state index in [1.807, 2.05) is 48.5 Å². The van der Waals surface area contributed by atoms with Crippen LogP contribution in [-0.2, 0) is 72.0 Å². The average Bonchev–Trinajstić information content (AvgIpc) is 1.36. The number of nitrogens with one attached hydrogen (secondary N) is 8. The normalized spacial score (nSPS) is 15.0. The first kappa shape index (κ1) is 76.8. The van der Waals surface area contributed by atoms with Gasteiger partial charge in [-0.05, 0) is 105 Å². The van der Waals surface area contributed by atoms with Crippen LogP contribution in [0.5, 0.6) is 0 Å². The number of hydrogen-bond donors (Lipinski definition) is 15. The summed E-state index contributed by atoms with van der Waals surface area (Å²) in [5.74, 6) is -10.7. The van der Waals surface area contributed by atoms with E-state index in [-0.39, 0.29) is 114 Å². The highest BCUT2D eigenvalue weighted by Crippen LogP contribution is 2.17. The van der Waals surface area contributed by atoms with E-state index >= 15 is 0 Å². The first-order chi connectivity index (χ1) is 44.8. The molecular weight excluding hydrogens is 1250 g/mol. The third-order valence-electron chi connectivity index (χ3n) is 14.9. The zero-order valence-corrected chi connectivity index (χ0v) is 52.8. The predicted molar refractivity (Wildman–Crippen MR) is 345 cm³/mol. The molecule has 0 bridgehead atoms. The van der Waals surface area contributed by atoms with Gasteiger partial charge in [0, 0.05) is 77.1 Å². The van der Waals surface area contributed by atoms with Gasteiger partial charge in [-0.2, -0.15) is 0 Å². The van der Waals surface area contributed by atoms with E-state index in [4.69, 9.17) is 17.3 Å². The number of nitrogens with zero attached hydrogens (tertiary/aromatic N) is 3. The van der Waals surface area contributed by atoms with Gasteiger partial charge in [-0.15, -0.1) is 0 Å². The van der Waals surface area contributed by atoms with E-state index in [0.29, 0.717) is 50.6 Å². The molecule has 1 aliphatic rings. The summed E-state index contributed by atoms with van der Waals surface area (Å²) in [5.41, 5.74) is 2.53. The third-order valence-corrected chi connectivity index (χ3v) is 15.1. The Bertz CT molecular complexity index is 3070. The fourth-order valence-corrected chi connectivity index (χ4v) is 10.3. The van der Waals surface area contributed by atoms with Gasteiger partial charge >= 0.3 is 47.8 Å². The Morgan fingerprint density at radius 2 is 0.979 bits per heavy atom. The molecule has 0 saturated heterocycles. The molecule has 1 heterocycles. The number of rotatable bonds is 42. The number of carboxylic acid groups (broad SMARTS) is 7. The van der Waals surface area contributed by atoms with Crippen molar-refractivity contribution in [3.63, 3.8) is 0 Å². The van der Waals surface area contributed by atoms with Crippen LogP contribution in [0.1, 0.15) is 107 Å². The Kier molecular flexibility index (Phi) is 34.1. The van der Waals surface area contributed by atoms with Crippen molar-refractivity contribution in [1.82, 2.24) is 47.0 Å². The standard InChI is InChI=1S/C63H85N11O19S/c75-51(64-29-13-11-20-46(59(87)88)70-62(93)71-47(60(89)90)27-28-53(77)78)21-9-1-2-10-22-52(76)68-45(58(85)86)19-12-14-30-65-56(83)48(34-40-15-5-3-6-16-40)69-57(84)49(35-41-17-7-4-8-18-41)72-63(94)67-43-25-23-42(24-26-43)33-44-36-73(38-54(79)80)31-32-74(39-55(81)82)37-50(66-44)61(91)92/h3-8,15-18,23-26,44-49H,1-2,9-14,19-22,27-39H2,(H,64,75)(H,65,83)(H,68,76)(H,69,84)(H,77,78)(H,79,80)(H,81,82)(H,85,86)(H,87,88)(H,89,90)(H,91,92)(H2,67,72,94)(H2,70,71,93)/t44?,45?,46-,47-,48?,49?/m0/s1. The van der Waals surface area contributed by atoms with Crippen molar-refractivity contribution in [3.05, 3.63) is 102 Å². The maximum absolute atomic E-state index is 14.3. The quantitative estimate of drug-likeness (QED) is 0.0285. The van der Waals surface area contributed by atoms with Crippen LogP contribution in [0, 0.1) is 0 Å². The molecule has 30 nitrogen and oxygen atoms in total. The number of unbranched alkanes of at least 4 members (excludes halogenated alkanes) is 5. The van der Waals surface area contributed by atoms with Crippen LogP contribution < -0.4 is 42.5 Å². The number of carbonyl (C=O) groups is 12. The van der Waals surface area contributed by atoms with Crippen LogP contribution in [0.15, 0.2) is 89.9 Å². The van der Waals surface area contributed by atoms with Crippen LogP contribution in [0.3, 0.4) is 0 Å². The third kappa shape index (κ3) is 31.6. The van der Waals surface area contributed by atoms with Crippen LogP contribution in [0.4, 0.5) is 10.5 Å². The fourth-order valence-electron chi connectivity index (χ4n) is 10.1. The first-order valence-corrected chi connectivity index (χ1v) is 31.3. The van der Waals surface area contributed by atoms with Crippen molar-refractivity contribution < 1.29 is 93.3 Å². The van der Waals surface area contributed by atoms with E-state index < -0.39 is 121 Å². The van der Waals surface area contributed by atoms with Crippen molar-refractivity contribution >= 4 is 100 Å². The minimum atomic E-state index is -1.54. The van der Waals surface area contributed by atoms with Gasteiger partial charge in [-0.1, -0.05) is 85.6 Å². The van der Waals surface area contributed by atoms with Crippen molar-refractivity contribution in [1.29, 1.82) is 0 Å². The number of thiocarbonyl (C=S) groups is 1. The summed E-state index contributed by atoms with van der Waals surface area (Å²) in [4.78, 5) is 155. The second-order valence-electron chi connectivity index (χ2n) is 22.6. The Hall–Kier alpha value is -9.62. The van der Waals surface area contributed by atoms with Gasteiger partial charge in [-0.3, -0.25) is 48.4 Å². The molecule has 31 heteroatoms. The maximum Gasteiger partial charge on any atom is 0.351 e. The lowest BCUT2D eigenvalue weighted by Gasteiger charge is -2.25. The molecule has 6 amide bonds. The predicted octanol–water partition coefficient (Wildman–Crippen LogP) is 2.09. The van der Waals surface area contributed by atoms with Gasteiger partial charge in [-0.25, -0.2) is 24.0 Å². The molecular formula is C63H85N11O19S. The van der Waals surface area contributed by atoms with E-state index in [9.17, 15) is 88.2 Å². The molecule has 0 radical (unpaired) electrons. The summed E-state index contributed by atoms with van der Waals surface area (Å²) >= 11 is 5.72. The lowest BCUT2D eigenvalue weighted by atomic mass is 10.0. The second-order valence-corrected chi connectivity index (χ2v) is 23.0. The number of aliphatic carboxylic acids is 7. The molecule has 15 N–H and O–H groups in total. The minimum Gasteiger partial charge on any atom is -0.481 e. The number of carbonyl (C=O) groups excluding carboxylic acids is 5. The molecule has 4 rings (SSSR count). The highest BCUT2D eigenvalue weighted by atomic mass is 32.1. The highest BCUT2D eigenvalue weighted by Gasteiger charge is 2.30. The smallest absolute Gasteiger partial charge is 0.351 e. The Labute approximate surface area is 548 Å². The van der Waals surface area contributed by atoms with Crippen LogP contribution in [-0.4, -0.2) is 216 Å². The Balaban J connectivity index is 1.23. The maximum atomic E-state index is 14.3. The number of aliphatic imine (C=N–C) groups is 1. The van der Waals surface area contributed by atoms with Gasteiger partial charge in [0.1, 0.15) is 35.9 Å². The van der Waals surface area contributed by atoms with Crippen molar-refractivity contribution in [2.24, 2.45) is 4.99 Å². The summed E-state index contributed by atoms with van der Waals surface area (Å²) in [6.45, 7) is -0.364. The molecule has 6 atom stereocenters. The largest absolute Gasteiger partial charge is 0.481 e. The SMILES string of the molecule is O=C(O)CC[C@H](NC(=O)N[C@@H](CCCCNC(=O)CCCCCCC(=O)NC(CCCCNC(=O)C(Cc1ccccc1)NC(=O)C(Cc1ccccc1)NC(=S)Nc1ccc(CC2CN(CC(=O)O)CCN(CC(=O)O)CC(C(=O)O)=N2)cc1)C(=O)O)C(=O)O)C(=O)O. The van der Waals surface area contributed by atoms with Crippen LogP contribution in [0.2, 0.25) is 0 Å². The van der Waals surface area contributed by atoms with Crippen molar-refractivity contribution in [2.75, 3.05) is 57.7 Å². The molecule has 94 heavy (non-hydrogen) atoms. The molecule has 0 spiro atoms. The average molecular weight is 1330 g/mol. The summed E-state index contributed by atoms with van der Waals surface area (Å²) in [6.07, 6.45) is 3.29. The number of anilines is 1. The van der Waals surface area contributed by atoms with E-state index in [2.05, 4.69) is 47.5 Å². The molecule has 0 aliphatic carbocycles. The molecule has 512 valence electrons. The van der Waals surface area contributed by atoms with Gasteiger partial charge in [0.05, 0.1) is 19.1 Å². The highest BCUT2D eigenvalue weighted by molar-refractivity contribution is 7.80. The second kappa shape index (κ2) is 41.8. The molecule has 0 saturated carbocycles. The molecule has 0 fully saturated rings. The number of carboxylic acids is 7.